The van der Waals surface area contributed by atoms with Gasteiger partial charge < -0.3 is 0 Å². The second kappa shape index (κ2) is 5.09. The maximum atomic E-state index is 11.8. The third-order valence-corrected chi connectivity index (χ3v) is 3.54. The number of hydrogen-bond donors (Lipinski definition) is 0. The van der Waals surface area contributed by atoms with Crippen LogP contribution in [-0.2, 0) is 0 Å². The van der Waals surface area contributed by atoms with Gasteiger partial charge in [-0.15, -0.1) is 11.3 Å². The molecule has 0 atom stereocenters. The summed E-state index contributed by atoms with van der Waals surface area (Å²) < 4.78 is 0. The number of aromatic nitrogens is 1. The molecule has 4 heteroatoms. The lowest BCUT2D eigenvalue weighted by Crippen LogP contribution is -2.06. The van der Waals surface area contributed by atoms with Crippen LogP contribution in [0.1, 0.15) is 21.7 Å². The smallest absolute Gasteiger partial charge is 0.168 e. The van der Waals surface area contributed by atoms with Crippen LogP contribution in [0.15, 0.2) is 42.0 Å². The highest BCUT2D eigenvalue weighted by Gasteiger charge is 2.10. The van der Waals surface area contributed by atoms with Crippen molar-refractivity contribution in [3.05, 3.63) is 52.5 Å². The van der Waals surface area contributed by atoms with Crippen LogP contribution in [0.4, 0.5) is 0 Å². The van der Waals surface area contributed by atoms with Gasteiger partial charge in [-0.3, -0.25) is 9.78 Å². The van der Waals surface area contributed by atoms with Crippen molar-refractivity contribution < 1.29 is 4.79 Å². The van der Waals surface area contributed by atoms with Crippen molar-refractivity contribution in [2.75, 3.05) is 0 Å². The molecule has 80 valence electrons. The fraction of sp³-hybridized carbons (Fsp3) is 0.0833. The number of hydrogen-bond acceptors (Lipinski definition) is 4. The fourth-order valence-electron chi connectivity index (χ4n) is 1.31. The molecule has 0 saturated heterocycles. The second-order valence-corrected chi connectivity index (χ2v) is 4.68. The largest absolute Gasteiger partial charge is 0.294 e. The van der Waals surface area contributed by atoms with Crippen LogP contribution in [-0.4, -0.2) is 15.6 Å². The minimum absolute atomic E-state index is 0.0424. The second-order valence-electron chi connectivity index (χ2n) is 3.24. The molecule has 0 spiro atoms. The van der Waals surface area contributed by atoms with Crippen molar-refractivity contribution in [1.29, 1.82) is 0 Å². The van der Waals surface area contributed by atoms with E-state index in [2.05, 4.69) is 4.98 Å². The molecule has 2 nitrogen and oxygen atoms in total. The predicted molar refractivity (Wildman–Crippen MR) is 69.2 cm³/mol. The number of thiophene rings is 1. The van der Waals surface area contributed by atoms with Gasteiger partial charge in [-0.25, -0.2) is 0 Å². The van der Waals surface area contributed by atoms with Gasteiger partial charge in [0.1, 0.15) is 0 Å². The fourth-order valence-corrected chi connectivity index (χ4v) is 2.32. The van der Waals surface area contributed by atoms with Gasteiger partial charge in [0.25, 0.3) is 0 Å². The quantitative estimate of drug-likeness (QED) is 0.614. The molecular weight excluding hydrogens is 238 g/mol. The van der Waals surface area contributed by atoms with Crippen molar-refractivity contribution in [1.82, 2.24) is 4.98 Å². The molecule has 2 heterocycles. The molecule has 0 amide bonds. The Morgan fingerprint density at radius 1 is 1.31 bits per heavy atom. The highest BCUT2D eigenvalue weighted by Crippen LogP contribution is 2.14. The Morgan fingerprint density at radius 2 is 2.06 bits per heavy atom. The van der Waals surface area contributed by atoms with Crippen LogP contribution >= 0.6 is 23.6 Å². The maximum absolute atomic E-state index is 11.8. The summed E-state index contributed by atoms with van der Waals surface area (Å²) in [6.45, 7) is 0. The standard InChI is InChI=1S/C12H9NOS2/c14-10(9-3-5-13-6-4-9)8-11(15)12-2-1-7-16-12/h1-7H,8H2. The Balaban J connectivity index is 2.06. The van der Waals surface area contributed by atoms with E-state index in [1.54, 1.807) is 35.9 Å². The van der Waals surface area contributed by atoms with Crippen LogP contribution in [0.3, 0.4) is 0 Å². The summed E-state index contributed by atoms with van der Waals surface area (Å²) in [6.07, 6.45) is 3.52. The minimum Gasteiger partial charge on any atom is -0.294 e. The number of carbonyl (C=O) groups is 1. The zero-order valence-corrected chi connectivity index (χ0v) is 10.1. The number of pyridine rings is 1. The van der Waals surface area contributed by atoms with Crippen LogP contribution in [0.5, 0.6) is 0 Å². The first-order chi connectivity index (χ1) is 7.77. The molecule has 0 unspecified atom stereocenters. The lowest BCUT2D eigenvalue weighted by Gasteiger charge is -2.00. The molecule has 2 aromatic heterocycles. The first kappa shape index (κ1) is 11.1. The summed E-state index contributed by atoms with van der Waals surface area (Å²) >= 11 is 6.79. The summed E-state index contributed by atoms with van der Waals surface area (Å²) in [4.78, 5) is 17.4. The van der Waals surface area contributed by atoms with Crippen molar-refractivity contribution >= 4 is 34.2 Å². The number of carbonyl (C=O) groups excluding carboxylic acids is 1. The number of ketones is 1. The van der Waals surface area contributed by atoms with E-state index >= 15 is 0 Å². The first-order valence-corrected chi connectivity index (χ1v) is 6.06. The number of Topliss-reactive ketones (excluding diaryl/α,β-unsaturated/α-hetero) is 1. The van der Waals surface area contributed by atoms with E-state index in [9.17, 15) is 4.79 Å². The molecule has 0 saturated carbocycles. The molecule has 0 aliphatic rings. The van der Waals surface area contributed by atoms with Crippen molar-refractivity contribution in [2.45, 2.75) is 6.42 Å². The lowest BCUT2D eigenvalue weighted by atomic mass is 10.1. The normalized spacial score (nSPS) is 10.0. The maximum Gasteiger partial charge on any atom is 0.168 e. The molecule has 0 aliphatic carbocycles. The predicted octanol–water partition coefficient (Wildman–Crippen LogP) is 3.13. The highest BCUT2D eigenvalue weighted by molar-refractivity contribution is 7.81. The van der Waals surface area contributed by atoms with E-state index < -0.39 is 0 Å². The van der Waals surface area contributed by atoms with Gasteiger partial charge in [0.15, 0.2) is 5.78 Å². The number of nitrogens with zero attached hydrogens (tertiary/aromatic N) is 1. The number of thiocarbonyl (C=S) groups is 1. The zero-order chi connectivity index (χ0) is 11.4. The van der Waals surface area contributed by atoms with Gasteiger partial charge in [0.05, 0.1) is 0 Å². The highest BCUT2D eigenvalue weighted by atomic mass is 32.1. The van der Waals surface area contributed by atoms with Crippen molar-refractivity contribution in [3.8, 4) is 0 Å². The topological polar surface area (TPSA) is 30.0 Å². The molecule has 2 aromatic rings. The molecule has 0 aromatic carbocycles. The lowest BCUT2D eigenvalue weighted by molar-refractivity contribution is 0.100. The van der Waals surface area contributed by atoms with Crippen LogP contribution < -0.4 is 0 Å². The summed E-state index contributed by atoms with van der Waals surface area (Å²) in [5.74, 6) is 0.0424. The van der Waals surface area contributed by atoms with Gasteiger partial charge in [0, 0.05) is 34.1 Å². The Bertz CT molecular complexity index is 491. The van der Waals surface area contributed by atoms with Gasteiger partial charge >= 0.3 is 0 Å². The average molecular weight is 247 g/mol. The van der Waals surface area contributed by atoms with Gasteiger partial charge in [-0.2, -0.15) is 0 Å². The Morgan fingerprint density at radius 3 is 2.69 bits per heavy atom. The van der Waals surface area contributed by atoms with Gasteiger partial charge in [-0.05, 0) is 23.6 Å². The minimum atomic E-state index is 0.0424. The monoisotopic (exact) mass is 247 g/mol. The first-order valence-electron chi connectivity index (χ1n) is 4.77. The van der Waals surface area contributed by atoms with Crippen molar-refractivity contribution in [3.63, 3.8) is 0 Å². The number of rotatable bonds is 4. The molecule has 0 radical (unpaired) electrons. The molecular formula is C12H9NOS2. The van der Waals surface area contributed by atoms with Crippen molar-refractivity contribution in [2.24, 2.45) is 0 Å². The Hall–Kier alpha value is -1.39. The van der Waals surface area contributed by atoms with Crippen LogP contribution in [0, 0.1) is 0 Å². The molecule has 0 bridgehead atoms. The summed E-state index contributed by atoms with van der Waals surface area (Å²) in [5, 5.41) is 1.96. The van der Waals surface area contributed by atoms with Gasteiger partial charge in [0.2, 0.25) is 0 Å². The zero-order valence-electron chi connectivity index (χ0n) is 8.42. The molecule has 0 N–H and O–H groups in total. The van der Waals surface area contributed by atoms with E-state index in [1.807, 2.05) is 17.5 Å². The van der Waals surface area contributed by atoms with Gasteiger partial charge in [-0.1, -0.05) is 18.3 Å². The molecule has 0 fully saturated rings. The summed E-state index contributed by atoms with van der Waals surface area (Å²) in [6, 6.07) is 7.29. The van der Waals surface area contributed by atoms with E-state index in [0.717, 1.165) is 4.88 Å². The van der Waals surface area contributed by atoms with E-state index in [1.165, 1.54) is 0 Å². The SMILES string of the molecule is O=C(CC(=S)c1cccs1)c1ccncc1. The molecule has 2 rings (SSSR count). The van der Waals surface area contributed by atoms with Crippen LogP contribution in [0.25, 0.3) is 0 Å². The Kier molecular flexibility index (Phi) is 3.54. The summed E-state index contributed by atoms with van der Waals surface area (Å²) in [5.41, 5.74) is 0.661. The third-order valence-electron chi connectivity index (χ3n) is 2.12. The average Bonchev–Trinajstić information content (AvgIpc) is 2.83. The van der Waals surface area contributed by atoms with E-state index in [0.29, 0.717) is 16.8 Å². The Labute approximate surface area is 103 Å². The van der Waals surface area contributed by atoms with E-state index in [-0.39, 0.29) is 5.78 Å². The van der Waals surface area contributed by atoms with E-state index in [4.69, 9.17) is 12.2 Å². The summed E-state index contributed by atoms with van der Waals surface area (Å²) in [7, 11) is 0. The van der Waals surface area contributed by atoms with Crippen LogP contribution in [0.2, 0.25) is 0 Å². The third kappa shape index (κ3) is 2.59. The molecule has 0 aliphatic heterocycles. The molecule has 16 heavy (non-hydrogen) atoms.